The second-order valence-electron chi connectivity index (χ2n) is 5.40. The van der Waals surface area contributed by atoms with Crippen LogP contribution in [0.1, 0.15) is 32.3 Å². The van der Waals surface area contributed by atoms with Crippen molar-refractivity contribution in [2.24, 2.45) is 5.92 Å². The Hall–Kier alpha value is -0.970. The van der Waals surface area contributed by atoms with Gasteiger partial charge in [-0.25, -0.2) is 0 Å². The fraction of sp³-hybridized carbons (Fsp3) is 0.625. The van der Waals surface area contributed by atoms with Crippen LogP contribution in [0.5, 0.6) is 11.5 Å². The van der Waals surface area contributed by atoms with Crippen LogP contribution in [0, 0.1) is 5.92 Å². The third-order valence-electron chi connectivity index (χ3n) is 2.98. The molecule has 1 rings (SSSR count). The number of methoxy groups -OCH3 is 1. The SMILES string of the molecule is COc1cc(Cl)cc(CNCC(C)C)c1OCCCCO. The number of aliphatic hydroxyl groups is 1. The Morgan fingerprint density at radius 2 is 2.05 bits per heavy atom. The molecule has 0 fully saturated rings. The van der Waals surface area contributed by atoms with E-state index in [1.54, 1.807) is 13.2 Å². The quantitative estimate of drug-likeness (QED) is 0.651. The zero-order valence-electron chi connectivity index (χ0n) is 13.1. The number of rotatable bonds is 10. The van der Waals surface area contributed by atoms with Gasteiger partial charge in [0.1, 0.15) is 0 Å². The zero-order chi connectivity index (χ0) is 15.7. The van der Waals surface area contributed by atoms with Crippen LogP contribution in [0.3, 0.4) is 0 Å². The van der Waals surface area contributed by atoms with E-state index in [9.17, 15) is 0 Å². The van der Waals surface area contributed by atoms with Crippen molar-refractivity contribution in [2.75, 3.05) is 26.9 Å². The molecule has 5 heteroatoms. The molecule has 0 saturated carbocycles. The highest BCUT2D eigenvalue weighted by atomic mass is 35.5. The number of benzene rings is 1. The van der Waals surface area contributed by atoms with Gasteiger partial charge in [-0.15, -0.1) is 0 Å². The number of ether oxygens (including phenoxy) is 2. The summed E-state index contributed by atoms with van der Waals surface area (Å²) in [5.74, 6) is 1.96. The van der Waals surface area contributed by atoms with E-state index in [0.29, 0.717) is 29.8 Å². The minimum atomic E-state index is 0.184. The summed E-state index contributed by atoms with van der Waals surface area (Å²) in [4.78, 5) is 0. The second kappa shape index (κ2) is 9.87. The molecule has 4 nitrogen and oxygen atoms in total. The van der Waals surface area contributed by atoms with E-state index in [2.05, 4.69) is 19.2 Å². The summed E-state index contributed by atoms with van der Waals surface area (Å²) in [7, 11) is 1.61. The van der Waals surface area contributed by atoms with Crippen molar-refractivity contribution >= 4 is 11.6 Å². The third-order valence-corrected chi connectivity index (χ3v) is 3.20. The summed E-state index contributed by atoms with van der Waals surface area (Å²) < 4.78 is 11.2. The molecule has 0 heterocycles. The highest BCUT2D eigenvalue weighted by Gasteiger charge is 2.13. The number of unbranched alkanes of at least 4 members (excludes halogenated alkanes) is 1. The number of hydrogen-bond donors (Lipinski definition) is 2. The molecule has 0 atom stereocenters. The molecule has 0 bridgehead atoms. The second-order valence-corrected chi connectivity index (χ2v) is 5.84. The van der Waals surface area contributed by atoms with Gasteiger partial charge in [0.2, 0.25) is 0 Å². The maximum absolute atomic E-state index is 8.82. The maximum Gasteiger partial charge on any atom is 0.165 e. The van der Waals surface area contributed by atoms with Crippen LogP contribution < -0.4 is 14.8 Å². The summed E-state index contributed by atoms with van der Waals surface area (Å²) in [5, 5.41) is 12.8. The number of aliphatic hydroxyl groups excluding tert-OH is 1. The van der Waals surface area contributed by atoms with Crippen molar-refractivity contribution < 1.29 is 14.6 Å². The Balaban J connectivity index is 2.78. The molecule has 0 radical (unpaired) electrons. The average molecular weight is 316 g/mol. The van der Waals surface area contributed by atoms with Crippen molar-refractivity contribution in [3.8, 4) is 11.5 Å². The van der Waals surface area contributed by atoms with Crippen LogP contribution in [-0.2, 0) is 6.54 Å². The molecular formula is C16H26ClNO3. The smallest absolute Gasteiger partial charge is 0.165 e. The molecule has 0 amide bonds. The van der Waals surface area contributed by atoms with Gasteiger partial charge in [-0.2, -0.15) is 0 Å². The summed E-state index contributed by atoms with van der Waals surface area (Å²) in [5.41, 5.74) is 0.990. The van der Waals surface area contributed by atoms with Crippen LogP contribution >= 0.6 is 11.6 Å². The highest BCUT2D eigenvalue weighted by Crippen LogP contribution is 2.34. The van der Waals surface area contributed by atoms with E-state index in [4.69, 9.17) is 26.2 Å². The molecule has 0 unspecified atom stereocenters. The van der Waals surface area contributed by atoms with Crippen molar-refractivity contribution in [1.82, 2.24) is 5.32 Å². The highest BCUT2D eigenvalue weighted by molar-refractivity contribution is 6.30. The molecule has 21 heavy (non-hydrogen) atoms. The summed E-state index contributed by atoms with van der Waals surface area (Å²) in [6.45, 7) is 6.68. The van der Waals surface area contributed by atoms with Crippen LogP contribution in [-0.4, -0.2) is 32.0 Å². The van der Waals surface area contributed by atoms with E-state index < -0.39 is 0 Å². The number of halogens is 1. The molecule has 1 aromatic carbocycles. The standard InChI is InChI=1S/C16H26ClNO3/c1-12(2)10-18-11-13-8-14(17)9-15(20-3)16(13)21-7-5-4-6-19/h8-9,12,18-19H,4-7,10-11H2,1-3H3. The van der Waals surface area contributed by atoms with Crippen molar-refractivity contribution in [2.45, 2.75) is 33.2 Å². The van der Waals surface area contributed by atoms with Gasteiger partial charge in [0.15, 0.2) is 11.5 Å². The normalized spacial score (nSPS) is 11.0. The van der Waals surface area contributed by atoms with E-state index in [1.807, 2.05) is 6.07 Å². The minimum Gasteiger partial charge on any atom is -0.493 e. The van der Waals surface area contributed by atoms with Gasteiger partial charge in [0, 0.05) is 29.8 Å². The topological polar surface area (TPSA) is 50.7 Å². The lowest BCUT2D eigenvalue weighted by molar-refractivity contribution is 0.246. The fourth-order valence-electron chi connectivity index (χ4n) is 1.95. The van der Waals surface area contributed by atoms with Gasteiger partial charge in [-0.05, 0) is 31.4 Å². The molecule has 0 aromatic heterocycles. The predicted molar refractivity (Wildman–Crippen MR) is 86.4 cm³/mol. The monoisotopic (exact) mass is 315 g/mol. The fourth-order valence-corrected chi connectivity index (χ4v) is 2.18. The van der Waals surface area contributed by atoms with E-state index in [0.717, 1.165) is 30.7 Å². The van der Waals surface area contributed by atoms with Gasteiger partial charge >= 0.3 is 0 Å². The Morgan fingerprint density at radius 1 is 1.29 bits per heavy atom. The molecular weight excluding hydrogens is 290 g/mol. The van der Waals surface area contributed by atoms with Crippen LogP contribution in [0.2, 0.25) is 5.02 Å². The lowest BCUT2D eigenvalue weighted by Crippen LogP contribution is -2.19. The Kier molecular flexibility index (Phi) is 8.50. The molecule has 0 aliphatic heterocycles. The Labute approximate surface area is 132 Å². The first-order chi connectivity index (χ1) is 10.1. The molecule has 2 N–H and O–H groups in total. The maximum atomic E-state index is 8.82. The molecule has 0 aliphatic carbocycles. The van der Waals surface area contributed by atoms with Gasteiger partial charge in [0.25, 0.3) is 0 Å². The van der Waals surface area contributed by atoms with Crippen LogP contribution in [0.15, 0.2) is 12.1 Å². The summed E-state index contributed by atoms with van der Waals surface area (Å²) in [6.07, 6.45) is 1.54. The van der Waals surface area contributed by atoms with Crippen molar-refractivity contribution in [1.29, 1.82) is 0 Å². The first kappa shape index (κ1) is 18.1. The largest absolute Gasteiger partial charge is 0.493 e. The van der Waals surface area contributed by atoms with Crippen LogP contribution in [0.25, 0.3) is 0 Å². The van der Waals surface area contributed by atoms with Crippen molar-refractivity contribution in [3.05, 3.63) is 22.7 Å². The predicted octanol–water partition coefficient (Wildman–Crippen LogP) is 3.25. The molecule has 1 aromatic rings. The minimum absolute atomic E-state index is 0.184. The van der Waals surface area contributed by atoms with Gasteiger partial charge < -0.3 is 19.9 Å². The Morgan fingerprint density at radius 3 is 2.67 bits per heavy atom. The van der Waals surface area contributed by atoms with E-state index in [1.165, 1.54) is 0 Å². The molecule has 0 aliphatic rings. The Bertz CT molecular complexity index is 424. The van der Waals surface area contributed by atoms with E-state index in [-0.39, 0.29) is 6.61 Å². The van der Waals surface area contributed by atoms with Crippen LogP contribution in [0.4, 0.5) is 0 Å². The number of hydrogen-bond acceptors (Lipinski definition) is 4. The summed E-state index contributed by atoms with van der Waals surface area (Å²) >= 11 is 6.13. The average Bonchev–Trinajstić information content (AvgIpc) is 2.44. The molecule has 0 saturated heterocycles. The number of nitrogens with one attached hydrogen (secondary N) is 1. The molecule has 120 valence electrons. The first-order valence-corrected chi connectivity index (χ1v) is 7.77. The molecule has 0 spiro atoms. The van der Waals surface area contributed by atoms with Gasteiger partial charge in [0.05, 0.1) is 13.7 Å². The zero-order valence-corrected chi connectivity index (χ0v) is 13.9. The first-order valence-electron chi connectivity index (χ1n) is 7.39. The summed E-state index contributed by atoms with van der Waals surface area (Å²) in [6, 6.07) is 3.66. The lowest BCUT2D eigenvalue weighted by Gasteiger charge is -2.17. The lowest BCUT2D eigenvalue weighted by atomic mass is 10.1. The van der Waals surface area contributed by atoms with E-state index >= 15 is 0 Å². The third kappa shape index (κ3) is 6.55. The van der Waals surface area contributed by atoms with Crippen molar-refractivity contribution in [3.63, 3.8) is 0 Å². The van der Waals surface area contributed by atoms with Gasteiger partial charge in [-0.3, -0.25) is 0 Å². The van der Waals surface area contributed by atoms with Gasteiger partial charge in [-0.1, -0.05) is 25.4 Å².